The molecule has 4 amide bonds. The second-order valence-corrected chi connectivity index (χ2v) is 12.7. The topological polar surface area (TPSA) is 166 Å². The minimum absolute atomic E-state index is 0.0294. The monoisotopic (exact) mass is 572 g/mol. The van der Waals surface area contributed by atoms with E-state index in [0.717, 1.165) is 6.42 Å². The SMILES string of the molecule is CC(C)[C@@H]1NC(=O)[C@H](C)NC(=O)[C@H]([C@@H](C)O)NC(=O)c2cc(on2)CN(CC2=CC[C@H]3C[C@@H]2C3(C)C)CCNC1=O. The molecule has 3 aliphatic carbocycles. The molecule has 1 saturated carbocycles. The van der Waals surface area contributed by atoms with Gasteiger partial charge in [-0.3, -0.25) is 24.1 Å². The van der Waals surface area contributed by atoms with Gasteiger partial charge in [0.15, 0.2) is 11.5 Å². The van der Waals surface area contributed by atoms with Crippen molar-refractivity contribution < 1.29 is 28.8 Å². The maximum atomic E-state index is 13.1. The van der Waals surface area contributed by atoms with Crippen LogP contribution in [0.4, 0.5) is 0 Å². The quantitative estimate of drug-likeness (QED) is 0.329. The Labute approximate surface area is 241 Å². The Bertz CT molecular complexity index is 1190. The highest BCUT2D eigenvalue weighted by Gasteiger charge is 2.51. The summed E-state index contributed by atoms with van der Waals surface area (Å²) < 4.78 is 5.49. The molecule has 1 fully saturated rings. The fourth-order valence-corrected chi connectivity index (χ4v) is 6.09. The summed E-state index contributed by atoms with van der Waals surface area (Å²) in [6.45, 7) is 13.0. The number of amides is 4. The van der Waals surface area contributed by atoms with E-state index in [2.05, 4.69) is 51.2 Å². The molecule has 4 bridgehead atoms. The number of aliphatic hydroxyl groups excluding tert-OH is 1. The fraction of sp³-hybridized carbons (Fsp3) is 0.690. The van der Waals surface area contributed by atoms with Crippen molar-refractivity contribution in [2.24, 2.45) is 23.2 Å². The predicted octanol–water partition coefficient (Wildman–Crippen LogP) is 0.724. The lowest BCUT2D eigenvalue weighted by atomic mass is 9.49. The van der Waals surface area contributed by atoms with Crippen LogP contribution in [0.2, 0.25) is 0 Å². The molecule has 4 aliphatic rings. The average molecular weight is 573 g/mol. The molecular weight excluding hydrogens is 528 g/mol. The number of allylic oxidation sites excluding steroid dienone is 1. The summed E-state index contributed by atoms with van der Waals surface area (Å²) in [6.07, 6.45) is 3.32. The summed E-state index contributed by atoms with van der Waals surface area (Å²) in [5.41, 5.74) is 1.60. The number of nitrogens with one attached hydrogen (secondary N) is 4. The zero-order valence-electron chi connectivity index (χ0n) is 24.8. The van der Waals surface area contributed by atoms with E-state index in [1.807, 2.05) is 13.8 Å². The van der Waals surface area contributed by atoms with Gasteiger partial charge in [0, 0.05) is 25.7 Å². The van der Waals surface area contributed by atoms with Crippen LogP contribution in [0, 0.1) is 23.2 Å². The number of fused-ring (bicyclic) bond motifs is 3. The molecule has 0 saturated heterocycles. The molecule has 1 aromatic rings. The van der Waals surface area contributed by atoms with Crippen molar-refractivity contribution in [1.82, 2.24) is 31.3 Å². The number of carbonyl (C=O) groups excluding carboxylic acids is 4. The molecule has 6 atom stereocenters. The fourth-order valence-electron chi connectivity index (χ4n) is 6.09. The Balaban J connectivity index is 1.59. The van der Waals surface area contributed by atoms with Crippen molar-refractivity contribution in [3.63, 3.8) is 0 Å². The van der Waals surface area contributed by atoms with Gasteiger partial charge in [-0.05, 0) is 49.9 Å². The van der Waals surface area contributed by atoms with Gasteiger partial charge in [0.1, 0.15) is 18.1 Å². The lowest BCUT2D eigenvalue weighted by Gasteiger charge is -2.57. The molecule has 0 unspecified atom stereocenters. The van der Waals surface area contributed by atoms with E-state index in [1.54, 1.807) is 0 Å². The van der Waals surface area contributed by atoms with Gasteiger partial charge in [0.25, 0.3) is 5.91 Å². The highest BCUT2D eigenvalue weighted by Crippen LogP contribution is 2.59. The van der Waals surface area contributed by atoms with E-state index in [-0.39, 0.29) is 22.9 Å². The number of aliphatic hydroxyl groups is 1. The van der Waals surface area contributed by atoms with Gasteiger partial charge in [-0.25, -0.2) is 0 Å². The second kappa shape index (κ2) is 12.3. The van der Waals surface area contributed by atoms with Gasteiger partial charge in [-0.1, -0.05) is 44.5 Å². The van der Waals surface area contributed by atoms with E-state index in [9.17, 15) is 24.3 Å². The molecule has 0 aromatic carbocycles. The molecule has 0 spiro atoms. The maximum Gasteiger partial charge on any atom is 0.274 e. The number of hydrogen-bond acceptors (Lipinski definition) is 8. The molecule has 5 rings (SSSR count). The van der Waals surface area contributed by atoms with Crippen LogP contribution >= 0.6 is 0 Å². The van der Waals surface area contributed by atoms with Crippen LogP contribution < -0.4 is 21.3 Å². The third kappa shape index (κ3) is 6.81. The second-order valence-electron chi connectivity index (χ2n) is 12.7. The minimum Gasteiger partial charge on any atom is -0.391 e. The molecule has 0 radical (unpaired) electrons. The summed E-state index contributed by atoms with van der Waals surface area (Å²) in [5, 5.41) is 24.8. The standard InChI is InChI=1S/C29H44N6O6/c1-15(2)23-27(39)30-9-10-35(13-18-7-8-19-11-21(18)29(19,5)6)14-20-12-22(34-41-20)26(38)33-24(17(4)36)28(40)31-16(3)25(37)32-23/h7,12,15-17,19,21,23-24,36H,8-11,13-14H2,1-6H3,(H,30,39)(H,31,40)(H,32,37)(H,33,38)/t16-,17+,19-,21-,23-,24-/m0/s1. The van der Waals surface area contributed by atoms with Gasteiger partial charge in [-0.2, -0.15) is 0 Å². The van der Waals surface area contributed by atoms with E-state index in [1.165, 1.54) is 31.9 Å². The highest BCUT2D eigenvalue weighted by atomic mass is 16.5. The molecule has 5 N–H and O–H groups in total. The van der Waals surface area contributed by atoms with Crippen molar-refractivity contribution in [3.05, 3.63) is 29.2 Å². The van der Waals surface area contributed by atoms with Crippen molar-refractivity contribution in [2.75, 3.05) is 19.6 Å². The minimum atomic E-state index is -1.34. The Kier molecular flexibility index (Phi) is 9.22. The lowest BCUT2D eigenvalue weighted by Crippen LogP contribution is -2.58. The van der Waals surface area contributed by atoms with Gasteiger partial charge >= 0.3 is 0 Å². The van der Waals surface area contributed by atoms with E-state index < -0.39 is 42.0 Å². The van der Waals surface area contributed by atoms with Crippen LogP contribution in [-0.4, -0.2) is 82.7 Å². The lowest BCUT2D eigenvalue weighted by molar-refractivity contribution is -0.133. The van der Waals surface area contributed by atoms with E-state index >= 15 is 0 Å². The number of rotatable bonds is 4. The largest absolute Gasteiger partial charge is 0.391 e. The Morgan fingerprint density at radius 2 is 1.80 bits per heavy atom. The third-order valence-electron chi connectivity index (χ3n) is 8.94. The van der Waals surface area contributed by atoms with Crippen LogP contribution in [-0.2, 0) is 20.9 Å². The number of hydrogen-bond donors (Lipinski definition) is 5. The summed E-state index contributed by atoms with van der Waals surface area (Å²) in [4.78, 5) is 54.0. The smallest absolute Gasteiger partial charge is 0.274 e. The molecule has 1 aromatic heterocycles. The Morgan fingerprint density at radius 1 is 1.07 bits per heavy atom. The molecule has 226 valence electrons. The molecule has 41 heavy (non-hydrogen) atoms. The van der Waals surface area contributed by atoms with Crippen LogP contribution in [0.5, 0.6) is 0 Å². The van der Waals surface area contributed by atoms with Crippen LogP contribution in [0.15, 0.2) is 22.2 Å². The first-order valence-corrected chi connectivity index (χ1v) is 14.5. The molecule has 12 nitrogen and oxygen atoms in total. The molecule has 1 aliphatic heterocycles. The first-order valence-electron chi connectivity index (χ1n) is 14.5. The zero-order chi connectivity index (χ0) is 30.1. The molecule has 2 heterocycles. The van der Waals surface area contributed by atoms with E-state index in [0.29, 0.717) is 43.8 Å². The van der Waals surface area contributed by atoms with Crippen molar-refractivity contribution in [2.45, 2.75) is 85.2 Å². The summed E-state index contributed by atoms with van der Waals surface area (Å²) in [5.74, 6) is -0.836. The summed E-state index contributed by atoms with van der Waals surface area (Å²) >= 11 is 0. The summed E-state index contributed by atoms with van der Waals surface area (Å²) in [6, 6.07) is -1.66. The van der Waals surface area contributed by atoms with Crippen molar-refractivity contribution in [1.29, 1.82) is 0 Å². The molecule has 12 heteroatoms. The Hall–Kier alpha value is -3.25. The van der Waals surface area contributed by atoms with Gasteiger partial charge in [0.05, 0.1) is 12.6 Å². The zero-order valence-corrected chi connectivity index (χ0v) is 24.8. The Morgan fingerprint density at radius 3 is 2.44 bits per heavy atom. The average Bonchev–Trinajstić information content (AvgIpc) is 3.37. The summed E-state index contributed by atoms with van der Waals surface area (Å²) in [7, 11) is 0. The number of nitrogens with zero attached hydrogens (tertiary/aromatic N) is 2. The number of aromatic nitrogens is 1. The van der Waals surface area contributed by atoms with Gasteiger partial charge in [0.2, 0.25) is 17.7 Å². The van der Waals surface area contributed by atoms with Gasteiger partial charge in [-0.15, -0.1) is 0 Å². The van der Waals surface area contributed by atoms with E-state index in [4.69, 9.17) is 4.52 Å². The maximum absolute atomic E-state index is 13.1. The first kappa shape index (κ1) is 30.7. The van der Waals surface area contributed by atoms with Crippen molar-refractivity contribution >= 4 is 23.6 Å². The van der Waals surface area contributed by atoms with Crippen LogP contribution in [0.1, 0.15) is 70.6 Å². The highest BCUT2D eigenvalue weighted by molar-refractivity contribution is 5.97. The third-order valence-corrected chi connectivity index (χ3v) is 8.94. The van der Waals surface area contributed by atoms with Gasteiger partial charge < -0.3 is 30.9 Å². The normalized spacial score (nSPS) is 30.5. The van der Waals surface area contributed by atoms with Crippen LogP contribution in [0.25, 0.3) is 0 Å². The first-order chi connectivity index (χ1) is 19.3. The number of carbonyl (C=O) groups is 4. The van der Waals surface area contributed by atoms with Crippen LogP contribution in [0.3, 0.4) is 0 Å². The molecular formula is C29H44N6O6. The van der Waals surface area contributed by atoms with Crippen molar-refractivity contribution in [3.8, 4) is 0 Å². The predicted molar refractivity (Wildman–Crippen MR) is 150 cm³/mol.